The van der Waals surface area contributed by atoms with Crippen LogP contribution in [0.25, 0.3) is 0 Å². The van der Waals surface area contributed by atoms with Crippen LogP contribution in [-0.2, 0) is 10.0 Å². The number of nitrogens with one attached hydrogen (secondary N) is 2. The van der Waals surface area contributed by atoms with Crippen molar-refractivity contribution in [1.29, 1.82) is 0 Å². The topological polar surface area (TPSA) is 74.8 Å². The highest BCUT2D eigenvalue weighted by atomic mass is 32.2. The number of hydrogen-bond acceptors (Lipinski definition) is 3. The first-order valence-electron chi connectivity index (χ1n) is 6.04. The van der Waals surface area contributed by atoms with Crippen molar-refractivity contribution in [2.24, 2.45) is 0 Å². The molecule has 0 aliphatic rings. The van der Waals surface area contributed by atoms with Crippen molar-refractivity contribution in [3.05, 3.63) is 47.7 Å². The lowest BCUT2D eigenvalue weighted by Gasteiger charge is -2.12. The van der Waals surface area contributed by atoms with Gasteiger partial charge in [0.25, 0.3) is 0 Å². The van der Waals surface area contributed by atoms with Crippen molar-refractivity contribution >= 4 is 15.8 Å². The van der Waals surface area contributed by atoms with E-state index in [1.54, 1.807) is 6.07 Å². The van der Waals surface area contributed by atoms with Gasteiger partial charge in [-0.2, -0.15) is 5.10 Å². The van der Waals surface area contributed by atoms with E-state index in [1.807, 2.05) is 44.2 Å². The maximum Gasteiger partial charge on any atom is 0.234 e. The SMILES string of the molecule is Cc1cc(NS(=O)(=O)CC(C)c2ccccc2)n[nH]1. The van der Waals surface area contributed by atoms with Gasteiger partial charge in [0, 0.05) is 11.8 Å². The minimum atomic E-state index is -3.40. The lowest BCUT2D eigenvalue weighted by Crippen LogP contribution is -2.20. The molecular formula is C13H17N3O2S. The number of nitrogens with zero attached hydrogens (tertiary/aromatic N) is 1. The van der Waals surface area contributed by atoms with Crippen molar-refractivity contribution in [3.8, 4) is 0 Å². The van der Waals surface area contributed by atoms with E-state index in [4.69, 9.17) is 0 Å². The first-order chi connectivity index (χ1) is 8.96. The second kappa shape index (κ2) is 5.44. The summed E-state index contributed by atoms with van der Waals surface area (Å²) in [6.45, 7) is 3.71. The number of sulfonamides is 1. The first-order valence-corrected chi connectivity index (χ1v) is 7.69. The largest absolute Gasteiger partial charge is 0.281 e. The van der Waals surface area contributed by atoms with Gasteiger partial charge in [-0.15, -0.1) is 0 Å². The Labute approximate surface area is 113 Å². The summed E-state index contributed by atoms with van der Waals surface area (Å²) in [5, 5.41) is 6.56. The van der Waals surface area contributed by atoms with E-state index in [9.17, 15) is 8.42 Å². The molecule has 0 spiro atoms. The summed E-state index contributed by atoms with van der Waals surface area (Å²) in [6.07, 6.45) is 0. The van der Waals surface area contributed by atoms with Gasteiger partial charge >= 0.3 is 0 Å². The molecule has 1 heterocycles. The van der Waals surface area contributed by atoms with Crippen molar-refractivity contribution in [2.75, 3.05) is 10.5 Å². The van der Waals surface area contributed by atoms with Gasteiger partial charge in [-0.3, -0.25) is 9.82 Å². The Morgan fingerprint density at radius 1 is 1.32 bits per heavy atom. The van der Waals surface area contributed by atoms with Crippen LogP contribution in [0.3, 0.4) is 0 Å². The van der Waals surface area contributed by atoms with E-state index in [2.05, 4.69) is 14.9 Å². The second-order valence-electron chi connectivity index (χ2n) is 4.63. The number of anilines is 1. The number of benzene rings is 1. The molecule has 0 amide bonds. The molecule has 102 valence electrons. The van der Waals surface area contributed by atoms with Gasteiger partial charge < -0.3 is 0 Å². The van der Waals surface area contributed by atoms with Crippen LogP contribution in [0.1, 0.15) is 24.1 Å². The molecule has 0 bridgehead atoms. The molecule has 1 aromatic carbocycles. The number of aromatic amines is 1. The molecule has 6 heteroatoms. The van der Waals surface area contributed by atoms with E-state index < -0.39 is 10.0 Å². The lowest BCUT2D eigenvalue weighted by molar-refractivity contribution is 0.595. The maximum atomic E-state index is 12.0. The molecule has 0 radical (unpaired) electrons. The molecule has 0 saturated carbocycles. The van der Waals surface area contributed by atoms with E-state index in [-0.39, 0.29) is 11.7 Å². The van der Waals surface area contributed by atoms with Crippen molar-refractivity contribution in [3.63, 3.8) is 0 Å². The fourth-order valence-corrected chi connectivity index (χ4v) is 3.24. The molecule has 19 heavy (non-hydrogen) atoms. The Bertz CT molecular complexity index is 635. The number of rotatable bonds is 5. The summed E-state index contributed by atoms with van der Waals surface area (Å²) in [5.74, 6) is 0.291. The van der Waals surface area contributed by atoms with E-state index in [0.717, 1.165) is 11.3 Å². The van der Waals surface area contributed by atoms with E-state index in [1.165, 1.54) is 0 Å². The smallest absolute Gasteiger partial charge is 0.234 e. The highest BCUT2D eigenvalue weighted by molar-refractivity contribution is 7.92. The number of aromatic nitrogens is 2. The Balaban J connectivity index is 2.05. The van der Waals surface area contributed by atoms with Gasteiger partial charge in [-0.25, -0.2) is 8.42 Å². The van der Waals surface area contributed by atoms with Gasteiger partial charge in [0.05, 0.1) is 5.75 Å². The molecule has 1 aromatic heterocycles. The van der Waals surface area contributed by atoms with Crippen LogP contribution in [0.5, 0.6) is 0 Å². The Hall–Kier alpha value is -1.82. The molecule has 5 nitrogen and oxygen atoms in total. The van der Waals surface area contributed by atoms with E-state index >= 15 is 0 Å². The number of H-pyrrole nitrogens is 1. The van der Waals surface area contributed by atoms with Crippen LogP contribution in [-0.4, -0.2) is 24.4 Å². The third kappa shape index (κ3) is 3.82. The number of aryl methyl sites for hydroxylation is 1. The average molecular weight is 279 g/mol. The van der Waals surface area contributed by atoms with Crippen LogP contribution in [0.4, 0.5) is 5.82 Å². The average Bonchev–Trinajstić information content (AvgIpc) is 2.74. The molecule has 0 saturated heterocycles. The normalized spacial score (nSPS) is 13.2. The summed E-state index contributed by atoms with van der Waals surface area (Å²) in [7, 11) is -3.40. The summed E-state index contributed by atoms with van der Waals surface area (Å²) in [5.41, 5.74) is 1.82. The Morgan fingerprint density at radius 3 is 2.58 bits per heavy atom. The zero-order valence-electron chi connectivity index (χ0n) is 10.9. The monoisotopic (exact) mass is 279 g/mol. The molecule has 2 aromatic rings. The maximum absolute atomic E-state index is 12.0. The predicted octanol–water partition coefficient (Wildman–Crippen LogP) is 2.26. The fourth-order valence-electron chi connectivity index (χ4n) is 1.88. The zero-order chi connectivity index (χ0) is 13.9. The fraction of sp³-hybridized carbons (Fsp3) is 0.308. The minimum absolute atomic E-state index is 0.0307. The molecule has 2 N–H and O–H groups in total. The van der Waals surface area contributed by atoms with Gasteiger partial charge in [0.1, 0.15) is 0 Å². The molecular weight excluding hydrogens is 262 g/mol. The van der Waals surface area contributed by atoms with Crippen molar-refractivity contribution < 1.29 is 8.42 Å². The van der Waals surface area contributed by atoms with E-state index in [0.29, 0.717) is 5.82 Å². The second-order valence-corrected chi connectivity index (χ2v) is 6.40. The number of hydrogen-bond donors (Lipinski definition) is 2. The third-order valence-corrected chi connectivity index (χ3v) is 4.26. The highest BCUT2D eigenvalue weighted by Gasteiger charge is 2.17. The first kappa shape index (κ1) is 13.6. The summed E-state index contributed by atoms with van der Waals surface area (Å²) in [6, 6.07) is 11.2. The van der Waals surface area contributed by atoms with Gasteiger partial charge in [-0.05, 0) is 18.4 Å². The minimum Gasteiger partial charge on any atom is -0.281 e. The van der Waals surface area contributed by atoms with Crippen LogP contribution >= 0.6 is 0 Å². The predicted molar refractivity (Wildman–Crippen MR) is 75.6 cm³/mol. The summed E-state index contributed by atoms with van der Waals surface area (Å²) < 4.78 is 26.5. The highest BCUT2D eigenvalue weighted by Crippen LogP contribution is 2.18. The molecule has 0 aliphatic carbocycles. The molecule has 2 rings (SSSR count). The van der Waals surface area contributed by atoms with Gasteiger partial charge in [-0.1, -0.05) is 37.3 Å². The molecule has 0 fully saturated rings. The van der Waals surface area contributed by atoms with Gasteiger partial charge in [0.2, 0.25) is 10.0 Å². The van der Waals surface area contributed by atoms with Crippen LogP contribution in [0, 0.1) is 6.92 Å². The standard InChI is InChI=1S/C13H17N3O2S/c1-10(12-6-4-3-5-7-12)9-19(17,18)16-13-8-11(2)14-15-13/h3-8,10H,9H2,1-2H3,(H2,14,15,16). The third-order valence-electron chi connectivity index (χ3n) is 2.80. The van der Waals surface area contributed by atoms with Crippen LogP contribution < -0.4 is 4.72 Å². The molecule has 1 atom stereocenters. The van der Waals surface area contributed by atoms with Crippen LogP contribution in [0.15, 0.2) is 36.4 Å². The quantitative estimate of drug-likeness (QED) is 0.881. The molecule has 1 unspecified atom stereocenters. The lowest BCUT2D eigenvalue weighted by atomic mass is 10.0. The summed E-state index contributed by atoms with van der Waals surface area (Å²) in [4.78, 5) is 0. The van der Waals surface area contributed by atoms with Crippen molar-refractivity contribution in [2.45, 2.75) is 19.8 Å². The Morgan fingerprint density at radius 2 is 2.00 bits per heavy atom. The van der Waals surface area contributed by atoms with Crippen LogP contribution in [0.2, 0.25) is 0 Å². The summed E-state index contributed by atoms with van der Waals surface area (Å²) >= 11 is 0. The Kier molecular flexibility index (Phi) is 3.90. The van der Waals surface area contributed by atoms with Crippen molar-refractivity contribution in [1.82, 2.24) is 10.2 Å². The van der Waals surface area contributed by atoms with Gasteiger partial charge in [0.15, 0.2) is 5.82 Å². The molecule has 0 aliphatic heterocycles. The zero-order valence-corrected chi connectivity index (χ0v) is 11.7.